The third-order valence-electron chi connectivity index (χ3n) is 6.31. The lowest BCUT2D eigenvalue weighted by Crippen LogP contribution is -2.27. The normalized spacial score (nSPS) is 18.3. The van der Waals surface area contributed by atoms with Gasteiger partial charge in [0.05, 0.1) is 5.69 Å². The van der Waals surface area contributed by atoms with Gasteiger partial charge in [-0.15, -0.1) is 0 Å². The van der Waals surface area contributed by atoms with Crippen LogP contribution in [0, 0.1) is 0 Å². The van der Waals surface area contributed by atoms with Gasteiger partial charge in [0.1, 0.15) is 0 Å². The Morgan fingerprint density at radius 1 is 0.571 bits per heavy atom. The monoisotopic (exact) mass is 423 g/mol. The molecule has 0 fully saturated rings. The van der Waals surface area contributed by atoms with Crippen molar-refractivity contribution in [2.45, 2.75) is 11.8 Å². The van der Waals surface area contributed by atoms with Gasteiger partial charge in [0, 0.05) is 21.9 Å². The predicted octanol–water partition coefficient (Wildman–Crippen LogP) is 6.69. The maximum Gasteiger partial charge on any atom is 0.0538 e. The molecule has 4 aromatic carbocycles. The molecule has 28 heavy (non-hydrogen) atoms. The number of benzene rings is 4. The minimum Gasteiger partial charge on any atom is -0.397 e. The minimum absolute atomic E-state index is 0.292. The van der Waals surface area contributed by atoms with Gasteiger partial charge in [0.15, 0.2) is 0 Å². The molecule has 0 aliphatic heterocycles. The Labute approximate surface area is 173 Å². The van der Waals surface area contributed by atoms with Gasteiger partial charge in [-0.1, -0.05) is 72.8 Å². The van der Waals surface area contributed by atoms with Crippen molar-refractivity contribution in [1.29, 1.82) is 0 Å². The molecule has 2 bridgehead atoms. The van der Waals surface area contributed by atoms with Crippen LogP contribution in [0.1, 0.15) is 45.2 Å². The van der Waals surface area contributed by atoms with E-state index in [2.05, 4.69) is 88.7 Å². The first-order chi connectivity index (χ1) is 13.7. The average Bonchev–Trinajstić information content (AvgIpc) is 2.75. The van der Waals surface area contributed by atoms with Crippen LogP contribution in [-0.4, -0.2) is 0 Å². The average molecular weight is 424 g/mol. The van der Waals surface area contributed by atoms with E-state index in [1.54, 1.807) is 0 Å². The molecule has 0 unspecified atom stereocenters. The Kier molecular flexibility index (Phi) is 3.36. The number of nitrogen functional groups attached to an aromatic ring is 1. The van der Waals surface area contributed by atoms with Gasteiger partial charge >= 0.3 is 0 Å². The highest BCUT2D eigenvalue weighted by molar-refractivity contribution is 9.10. The smallest absolute Gasteiger partial charge is 0.0538 e. The number of halogens is 1. The van der Waals surface area contributed by atoms with Gasteiger partial charge in [0.25, 0.3) is 0 Å². The molecular formula is C26H18BrN. The Morgan fingerprint density at radius 3 is 1.71 bits per heavy atom. The lowest BCUT2D eigenvalue weighted by molar-refractivity contribution is 0.755. The Balaban J connectivity index is 1.62. The molecule has 4 aromatic rings. The summed E-state index contributed by atoms with van der Waals surface area (Å²) in [6.45, 7) is 0. The van der Waals surface area contributed by atoms with Gasteiger partial charge in [-0.2, -0.15) is 0 Å². The second-order valence-electron chi connectivity index (χ2n) is 7.67. The molecule has 0 saturated carbocycles. The first-order valence-electron chi connectivity index (χ1n) is 9.60. The molecule has 1 nitrogen and oxygen atoms in total. The van der Waals surface area contributed by atoms with Crippen LogP contribution >= 0.6 is 15.9 Å². The number of hydrogen-bond donors (Lipinski definition) is 1. The molecular weight excluding hydrogens is 406 g/mol. The molecule has 0 heterocycles. The summed E-state index contributed by atoms with van der Waals surface area (Å²) in [6.07, 6.45) is 0. The first-order valence-corrected chi connectivity index (χ1v) is 10.4. The first kappa shape index (κ1) is 16.1. The number of rotatable bonds is 1. The topological polar surface area (TPSA) is 26.0 Å². The lowest BCUT2D eigenvalue weighted by Gasteiger charge is -2.42. The van der Waals surface area contributed by atoms with Crippen LogP contribution in [0.15, 0.2) is 89.4 Å². The van der Waals surface area contributed by atoms with Gasteiger partial charge < -0.3 is 5.73 Å². The molecule has 0 amide bonds. The highest BCUT2D eigenvalue weighted by atomic mass is 79.9. The van der Waals surface area contributed by atoms with Crippen LogP contribution in [0.3, 0.4) is 0 Å². The van der Waals surface area contributed by atoms with Gasteiger partial charge in [0.2, 0.25) is 0 Å². The standard InChI is InChI=1S/C26H18BrN/c27-23-11-5-10-16(26(23)28)15-12-13-21-22(14-15)25-19-8-3-1-6-17(19)24(21)18-7-2-4-9-20(18)25/h1-14,24-25H,28H2. The maximum absolute atomic E-state index is 6.37. The van der Waals surface area contributed by atoms with E-state index in [4.69, 9.17) is 5.73 Å². The van der Waals surface area contributed by atoms with E-state index in [0.717, 1.165) is 15.7 Å². The molecule has 3 aliphatic rings. The molecule has 134 valence electrons. The van der Waals surface area contributed by atoms with Gasteiger partial charge in [-0.05, 0) is 67.0 Å². The zero-order chi connectivity index (χ0) is 18.8. The van der Waals surface area contributed by atoms with Crippen LogP contribution in [0.2, 0.25) is 0 Å². The quantitative estimate of drug-likeness (QED) is 0.293. The Hall–Kier alpha value is -2.84. The number of hydrogen-bond acceptors (Lipinski definition) is 1. The van der Waals surface area contributed by atoms with E-state index in [0.29, 0.717) is 11.8 Å². The number of para-hydroxylation sites is 1. The largest absolute Gasteiger partial charge is 0.397 e. The van der Waals surface area contributed by atoms with Crippen molar-refractivity contribution in [1.82, 2.24) is 0 Å². The Morgan fingerprint density at radius 2 is 1.11 bits per heavy atom. The van der Waals surface area contributed by atoms with E-state index >= 15 is 0 Å². The van der Waals surface area contributed by atoms with Crippen LogP contribution in [-0.2, 0) is 0 Å². The molecule has 3 aliphatic carbocycles. The molecule has 7 rings (SSSR count). The summed E-state index contributed by atoms with van der Waals surface area (Å²) in [5, 5.41) is 0. The molecule has 0 aromatic heterocycles. The van der Waals surface area contributed by atoms with Crippen LogP contribution in [0.5, 0.6) is 0 Å². The minimum atomic E-state index is 0.292. The fourth-order valence-electron chi connectivity index (χ4n) is 5.12. The predicted molar refractivity (Wildman–Crippen MR) is 119 cm³/mol. The van der Waals surface area contributed by atoms with E-state index in [-0.39, 0.29) is 0 Å². The lowest BCUT2D eigenvalue weighted by atomic mass is 9.61. The van der Waals surface area contributed by atoms with E-state index < -0.39 is 0 Å². The van der Waals surface area contributed by atoms with E-state index in [1.807, 2.05) is 12.1 Å². The van der Waals surface area contributed by atoms with Crippen molar-refractivity contribution in [3.63, 3.8) is 0 Å². The third-order valence-corrected chi connectivity index (χ3v) is 7.00. The van der Waals surface area contributed by atoms with Crippen molar-refractivity contribution >= 4 is 21.6 Å². The van der Waals surface area contributed by atoms with Crippen molar-refractivity contribution in [2.24, 2.45) is 0 Å². The number of anilines is 1. The maximum atomic E-state index is 6.37. The zero-order valence-electron chi connectivity index (χ0n) is 15.2. The number of nitrogens with two attached hydrogens (primary N) is 1. The van der Waals surface area contributed by atoms with Gasteiger partial charge in [-0.3, -0.25) is 0 Å². The summed E-state index contributed by atoms with van der Waals surface area (Å²) < 4.78 is 0.944. The summed E-state index contributed by atoms with van der Waals surface area (Å²) in [6, 6.07) is 30.9. The van der Waals surface area contributed by atoms with Crippen molar-refractivity contribution in [3.8, 4) is 11.1 Å². The van der Waals surface area contributed by atoms with Crippen molar-refractivity contribution < 1.29 is 0 Å². The van der Waals surface area contributed by atoms with Crippen LogP contribution in [0.25, 0.3) is 11.1 Å². The summed E-state index contributed by atoms with van der Waals surface area (Å²) in [7, 11) is 0. The van der Waals surface area contributed by atoms with E-state index in [9.17, 15) is 0 Å². The zero-order valence-corrected chi connectivity index (χ0v) is 16.8. The summed E-state index contributed by atoms with van der Waals surface area (Å²) in [4.78, 5) is 0. The van der Waals surface area contributed by atoms with Gasteiger partial charge in [-0.25, -0.2) is 0 Å². The highest BCUT2D eigenvalue weighted by Crippen LogP contribution is 2.56. The highest BCUT2D eigenvalue weighted by Gasteiger charge is 2.40. The molecule has 0 spiro atoms. The summed E-state index contributed by atoms with van der Waals surface area (Å²) in [5.74, 6) is 0.613. The second-order valence-corrected chi connectivity index (χ2v) is 8.52. The summed E-state index contributed by atoms with van der Waals surface area (Å²) >= 11 is 3.57. The molecule has 0 atom stereocenters. The van der Waals surface area contributed by atoms with Crippen LogP contribution < -0.4 is 5.73 Å². The van der Waals surface area contributed by atoms with Crippen LogP contribution in [0.4, 0.5) is 5.69 Å². The van der Waals surface area contributed by atoms with Crippen molar-refractivity contribution in [3.05, 3.63) is 123 Å². The summed E-state index contributed by atoms with van der Waals surface area (Å²) in [5.41, 5.74) is 18.1. The third kappa shape index (κ3) is 2.07. The van der Waals surface area contributed by atoms with E-state index in [1.165, 1.54) is 38.9 Å². The molecule has 2 N–H and O–H groups in total. The SMILES string of the molecule is Nc1c(Br)cccc1-c1ccc2c(c1)C1c3ccccc3C2c2ccccc21. The fraction of sp³-hybridized carbons (Fsp3) is 0.0769. The van der Waals surface area contributed by atoms with Crippen molar-refractivity contribution in [2.75, 3.05) is 5.73 Å². The Bertz CT molecular complexity index is 1210. The molecule has 0 radical (unpaired) electrons. The molecule has 2 heteroatoms. The fourth-order valence-corrected chi connectivity index (χ4v) is 5.49. The second kappa shape index (κ2) is 5.83. The molecule has 0 saturated heterocycles.